The van der Waals surface area contributed by atoms with Crippen molar-refractivity contribution in [2.75, 3.05) is 0 Å². The third kappa shape index (κ3) is 2.92. The Hall–Kier alpha value is -1.11. The molecule has 1 N–H and O–H groups in total. The van der Waals surface area contributed by atoms with Crippen LogP contribution in [-0.2, 0) is 0 Å². The van der Waals surface area contributed by atoms with Crippen LogP contribution in [0.5, 0.6) is 0 Å². The molecule has 15 heavy (non-hydrogen) atoms. The highest BCUT2D eigenvalue weighted by atomic mass is 28.4. The molecule has 0 saturated heterocycles. The zero-order chi connectivity index (χ0) is 11.5. The molecule has 1 atom stereocenters. The summed E-state index contributed by atoms with van der Waals surface area (Å²) >= 11 is 0. The molecule has 1 aromatic rings. The maximum Gasteiger partial charge on any atom is 0.213 e. The van der Waals surface area contributed by atoms with Gasteiger partial charge in [0.05, 0.1) is 12.0 Å². The van der Waals surface area contributed by atoms with E-state index >= 15 is 0 Å². The van der Waals surface area contributed by atoms with E-state index in [2.05, 4.69) is 6.07 Å². The molecular formula is C12H17NOSi. The summed E-state index contributed by atoms with van der Waals surface area (Å²) in [6.45, 7) is 5.79. The van der Waals surface area contributed by atoms with Crippen molar-refractivity contribution in [1.82, 2.24) is 0 Å². The fourth-order valence-corrected chi connectivity index (χ4v) is 2.51. The first-order chi connectivity index (χ1) is 6.99. The van der Waals surface area contributed by atoms with E-state index in [-0.39, 0.29) is 5.92 Å². The van der Waals surface area contributed by atoms with Crippen molar-refractivity contribution in [3.05, 3.63) is 29.8 Å². The van der Waals surface area contributed by atoms with E-state index in [1.54, 1.807) is 0 Å². The highest BCUT2D eigenvalue weighted by molar-refractivity contribution is 6.83. The highest BCUT2D eigenvalue weighted by Crippen LogP contribution is 2.17. The average Bonchev–Trinajstić information content (AvgIpc) is 2.19. The summed E-state index contributed by atoms with van der Waals surface area (Å²) in [6.07, 6.45) is 0.829. The van der Waals surface area contributed by atoms with Gasteiger partial charge in [0.25, 0.3) is 0 Å². The van der Waals surface area contributed by atoms with Gasteiger partial charge >= 0.3 is 0 Å². The van der Waals surface area contributed by atoms with Crippen LogP contribution in [0.25, 0.3) is 0 Å². The molecule has 80 valence electrons. The van der Waals surface area contributed by atoms with E-state index in [9.17, 15) is 4.80 Å². The maximum absolute atomic E-state index is 9.91. The lowest BCUT2D eigenvalue weighted by atomic mass is 9.98. The van der Waals surface area contributed by atoms with Crippen LogP contribution in [-0.4, -0.2) is 13.1 Å². The Bertz CT molecular complexity index is 359. The first-order valence-electron chi connectivity index (χ1n) is 5.21. The van der Waals surface area contributed by atoms with Gasteiger partial charge in [-0.1, -0.05) is 31.2 Å². The van der Waals surface area contributed by atoms with Crippen LogP contribution in [0.3, 0.4) is 0 Å². The van der Waals surface area contributed by atoms with Gasteiger partial charge in [0.2, 0.25) is 8.32 Å². The minimum atomic E-state index is -2.19. The Morgan fingerprint density at radius 2 is 1.87 bits per heavy atom. The van der Waals surface area contributed by atoms with Crippen LogP contribution in [0.4, 0.5) is 0 Å². The second kappa shape index (κ2) is 4.60. The Morgan fingerprint density at radius 1 is 1.33 bits per heavy atom. The fraction of sp³-hybridized carbons (Fsp3) is 0.417. The molecule has 0 saturated carbocycles. The molecule has 0 spiro atoms. The summed E-state index contributed by atoms with van der Waals surface area (Å²) in [6, 6.07) is 10.1. The first kappa shape index (κ1) is 12.0. The number of nitrogens with zero attached hydrogens (tertiary/aromatic N) is 1. The molecule has 0 aliphatic heterocycles. The Balaban J connectivity index is 2.96. The number of benzene rings is 1. The number of nitriles is 1. The monoisotopic (exact) mass is 219 g/mol. The summed E-state index contributed by atoms with van der Waals surface area (Å²) in [5.41, 5.74) is 1.04. The molecule has 0 heterocycles. The summed E-state index contributed by atoms with van der Waals surface area (Å²) in [5.74, 6) is -0.0254. The predicted molar refractivity (Wildman–Crippen MR) is 64.4 cm³/mol. The van der Waals surface area contributed by atoms with Gasteiger partial charge in [-0.25, -0.2) is 0 Å². The molecule has 1 unspecified atom stereocenters. The molecule has 0 bridgehead atoms. The van der Waals surface area contributed by atoms with Crippen molar-refractivity contribution >= 4 is 13.5 Å². The van der Waals surface area contributed by atoms with Gasteiger partial charge < -0.3 is 4.80 Å². The zero-order valence-electron chi connectivity index (χ0n) is 9.49. The van der Waals surface area contributed by atoms with Crippen LogP contribution in [0, 0.1) is 11.3 Å². The van der Waals surface area contributed by atoms with Crippen molar-refractivity contribution in [1.29, 1.82) is 5.26 Å². The Morgan fingerprint density at radius 3 is 2.20 bits per heavy atom. The Labute approximate surface area is 92.3 Å². The second-order valence-corrected chi connectivity index (χ2v) is 7.97. The molecule has 0 aliphatic rings. The molecule has 1 rings (SSSR count). The van der Waals surface area contributed by atoms with Crippen LogP contribution in [0.15, 0.2) is 24.3 Å². The fourth-order valence-electron chi connectivity index (χ4n) is 1.52. The SMILES string of the molecule is CCC(C#N)c1ccc([Si](C)(C)O)cc1. The minimum Gasteiger partial charge on any atom is -0.428 e. The van der Waals surface area contributed by atoms with E-state index < -0.39 is 8.32 Å². The lowest BCUT2D eigenvalue weighted by Crippen LogP contribution is -2.41. The highest BCUT2D eigenvalue weighted by Gasteiger charge is 2.20. The summed E-state index contributed by atoms with van der Waals surface area (Å²) < 4.78 is 0. The largest absolute Gasteiger partial charge is 0.428 e. The number of rotatable bonds is 3. The molecule has 0 aromatic heterocycles. The molecule has 1 aromatic carbocycles. The van der Waals surface area contributed by atoms with Crippen LogP contribution in [0.1, 0.15) is 24.8 Å². The van der Waals surface area contributed by atoms with E-state index in [1.165, 1.54) is 0 Å². The topological polar surface area (TPSA) is 44.0 Å². The minimum absolute atomic E-state index is 0.0254. The van der Waals surface area contributed by atoms with Crippen LogP contribution < -0.4 is 5.19 Å². The van der Waals surface area contributed by atoms with Gasteiger partial charge in [0, 0.05) is 0 Å². The molecule has 0 radical (unpaired) electrons. The molecular weight excluding hydrogens is 202 g/mol. The van der Waals surface area contributed by atoms with Gasteiger partial charge in [-0.2, -0.15) is 5.26 Å². The van der Waals surface area contributed by atoms with Gasteiger partial charge in [0.15, 0.2) is 0 Å². The number of hydrogen-bond donors (Lipinski definition) is 1. The van der Waals surface area contributed by atoms with Crippen molar-refractivity contribution in [2.45, 2.75) is 32.4 Å². The predicted octanol–water partition coefficient (Wildman–Crippen LogP) is 2.11. The van der Waals surface area contributed by atoms with Gasteiger partial charge in [-0.05, 0) is 30.3 Å². The summed E-state index contributed by atoms with van der Waals surface area (Å²) in [5, 5.41) is 9.93. The molecule has 3 heteroatoms. The van der Waals surface area contributed by atoms with Crippen LogP contribution >= 0.6 is 0 Å². The summed E-state index contributed by atoms with van der Waals surface area (Å²) in [7, 11) is -2.19. The first-order valence-corrected chi connectivity index (χ1v) is 8.16. The van der Waals surface area contributed by atoms with E-state index in [0.29, 0.717) is 0 Å². The molecule has 0 fully saturated rings. The van der Waals surface area contributed by atoms with Crippen molar-refractivity contribution in [3.63, 3.8) is 0 Å². The standard InChI is InChI=1S/C12H17NOSi/c1-4-10(9-13)11-5-7-12(8-6-11)15(2,3)14/h5-8,10,14H,4H2,1-3H3. The third-order valence-electron chi connectivity index (χ3n) is 2.58. The zero-order valence-corrected chi connectivity index (χ0v) is 10.5. The van der Waals surface area contributed by atoms with Crippen molar-refractivity contribution < 1.29 is 4.80 Å². The summed E-state index contributed by atoms with van der Waals surface area (Å²) in [4.78, 5) is 9.91. The van der Waals surface area contributed by atoms with Gasteiger partial charge in [0.1, 0.15) is 0 Å². The molecule has 0 aliphatic carbocycles. The lowest BCUT2D eigenvalue weighted by molar-refractivity contribution is 0.568. The van der Waals surface area contributed by atoms with Crippen molar-refractivity contribution in [3.8, 4) is 6.07 Å². The average molecular weight is 219 g/mol. The quantitative estimate of drug-likeness (QED) is 0.791. The van der Waals surface area contributed by atoms with E-state index in [1.807, 2.05) is 44.3 Å². The van der Waals surface area contributed by atoms with Crippen LogP contribution in [0.2, 0.25) is 13.1 Å². The second-order valence-electron chi connectivity index (χ2n) is 4.27. The molecule has 0 amide bonds. The molecule has 2 nitrogen and oxygen atoms in total. The third-order valence-corrected chi connectivity index (χ3v) is 4.33. The lowest BCUT2D eigenvalue weighted by Gasteiger charge is -2.15. The van der Waals surface area contributed by atoms with Crippen molar-refractivity contribution in [2.24, 2.45) is 0 Å². The smallest absolute Gasteiger partial charge is 0.213 e. The van der Waals surface area contributed by atoms with Gasteiger partial charge in [-0.15, -0.1) is 0 Å². The van der Waals surface area contributed by atoms with E-state index in [0.717, 1.165) is 17.2 Å². The number of hydrogen-bond acceptors (Lipinski definition) is 2. The van der Waals surface area contributed by atoms with Gasteiger partial charge in [-0.3, -0.25) is 0 Å². The Kier molecular flexibility index (Phi) is 3.67. The maximum atomic E-state index is 9.91. The van der Waals surface area contributed by atoms with E-state index in [4.69, 9.17) is 5.26 Å². The normalized spacial score (nSPS) is 13.3.